The van der Waals surface area contributed by atoms with Crippen molar-refractivity contribution in [1.29, 1.82) is 5.26 Å². The molecular weight excluding hydrogens is 445 g/mol. The molecule has 1 N–H and O–H groups in total. The number of halogens is 4. The van der Waals surface area contributed by atoms with E-state index in [2.05, 4.69) is 5.32 Å². The summed E-state index contributed by atoms with van der Waals surface area (Å²) in [5, 5.41) is 12.0. The second-order valence-corrected chi connectivity index (χ2v) is 7.21. The van der Waals surface area contributed by atoms with E-state index in [1.165, 1.54) is 24.3 Å². The van der Waals surface area contributed by atoms with Crippen LogP contribution >= 0.6 is 11.6 Å². The summed E-state index contributed by atoms with van der Waals surface area (Å²) < 4.78 is 50.0. The summed E-state index contributed by atoms with van der Waals surface area (Å²) in [5.41, 5.74) is -0.929. The lowest BCUT2D eigenvalue weighted by Crippen LogP contribution is -2.14. The molecule has 0 bridgehead atoms. The van der Waals surface area contributed by atoms with Gasteiger partial charge in [-0.3, -0.25) is 4.79 Å². The van der Waals surface area contributed by atoms with Crippen LogP contribution in [0.15, 0.2) is 42.0 Å². The molecule has 0 heterocycles. The molecule has 0 aliphatic heterocycles. The van der Waals surface area contributed by atoms with E-state index in [0.29, 0.717) is 23.7 Å². The third-order valence-electron chi connectivity index (χ3n) is 4.35. The van der Waals surface area contributed by atoms with E-state index >= 15 is 0 Å². The summed E-state index contributed by atoms with van der Waals surface area (Å²) >= 11 is 6.34. The fraction of sp³-hybridized carbons (Fsp3) is 0.304. The largest absolute Gasteiger partial charge is 0.490 e. The molecule has 0 aromatic heterocycles. The number of amides is 1. The summed E-state index contributed by atoms with van der Waals surface area (Å²) in [5.74, 6) is -0.157. The number of carbonyl (C=O) groups is 1. The lowest BCUT2D eigenvalue weighted by Gasteiger charge is -2.18. The molecule has 5 nitrogen and oxygen atoms in total. The Bertz CT molecular complexity index is 1050. The second-order valence-electron chi connectivity index (χ2n) is 6.80. The normalized spacial score (nSPS) is 12.6. The van der Waals surface area contributed by atoms with E-state index in [-0.39, 0.29) is 22.4 Å². The average Bonchev–Trinajstić information content (AvgIpc) is 2.73. The van der Waals surface area contributed by atoms with Gasteiger partial charge in [-0.1, -0.05) is 24.6 Å². The van der Waals surface area contributed by atoms with E-state index < -0.39 is 17.6 Å². The smallest absolute Gasteiger partial charge is 0.416 e. The van der Waals surface area contributed by atoms with Crippen molar-refractivity contribution in [2.24, 2.45) is 0 Å². The van der Waals surface area contributed by atoms with E-state index in [0.717, 1.165) is 18.6 Å². The quantitative estimate of drug-likeness (QED) is 0.357. The SMILES string of the molecule is CCOc1cc(/C=C(/C#N)C(=O)Nc2cccc(C(F)(F)F)c2)cc(Cl)c1O[C@H](C)CC. The van der Waals surface area contributed by atoms with Gasteiger partial charge >= 0.3 is 6.18 Å². The molecule has 1 amide bonds. The fourth-order valence-electron chi connectivity index (χ4n) is 2.62. The highest BCUT2D eigenvalue weighted by molar-refractivity contribution is 6.32. The van der Waals surface area contributed by atoms with Crippen LogP contribution in [0.2, 0.25) is 5.02 Å². The molecule has 9 heteroatoms. The van der Waals surface area contributed by atoms with Gasteiger partial charge in [0.15, 0.2) is 11.5 Å². The molecule has 0 saturated heterocycles. The van der Waals surface area contributed by atoms with Gasteiger partial charge in [0.2, 0.25) is 0 Å². The van der Waals surface area contributed by atoms with Crippen molar-refractivity contribution in [1.82, 2.24) is 0 Å². The summed E-state index contributed by atoms with van der Waals surface area (Å²) in [4.78, 5) is 12.5. The van der Waals surface area contributed by atoms with E-state index in [4.69, 9.17) is 21.1 Å². The first kappa shape index (κ1) is 25.1. The lowest BCUT2D eigenvalue weighted by atomic mass is 10.1. The van der Waals surface area contributed by atoms with Crippen molar-refractivity contribution in [3.8, 4) is 17.6 Å². The third-order valence-corrected chi connectivity index (χ3v) is 4.63. The number of hydrogen-bond acceptors (Lipinski definition) is 4. The molecule has 0 spiro atoms. The molecule has 2 aromatic rings. The number of anilines is 1. The Labute approximate surface area is 189 Å². The highest BCUT2D eigenvalue weighted by Crippen LogP contribution is 2.38. The van der Waals surface area contributed by atoms with Crippen LogP contribution in [0.3, 0.4) is 0 Å². The highest BCUT2D eigenvalue weighted by Gasteiger charge is 2.30. The zero-order valence-corrected chi connectivity index (χ0v) is 18.5. The molecule has 2 aromatic carbocycles. The van der Waals surface area contributed by atoms with E-state index in [9.17, 15) is 23.2 Å². The van der Waals surface area contributed by atoms with Crippen LogP contribution in [-0.4, -0.2) is 18.6 Å². The number of hydrogen-bond donors (Lipinski definition) is 1. The number of carbonyl (C=O) groups excluding carboxylic acids is 1. The zero-order valence-electron chi connectivity index (χ0n) is 17.7. The van der Waals surface area contributed by atoms with Crippen molar-refractivity contribution < 1.29 is 27.4 Å². The van der Waals surface area contributed by atoms with Gasteiger partial charge in [-0.2, -0.15) is 18.4 Å². The van der Waals surface area contributed by atoms with Crippen molar-refractivity contribution in [3.63, 3.8) is 0 Å². The number of nitrogens with one attached hydrogen (secondary N) is 1. The number of alkyl halides is 3. The minimum Gasteiger partial charge on any atom is -0.490 e. The maximum absolute atomic E-state index is 12.9. The first-order valence-corrected chi connectivity index (χ1v) is 10.2. The van der Waals surface area contributed by atoms with Crippen LogP contribution in [-0.2, 0) is 11.0 Å². The average molecular weight is 467 g/mol. The maximum Gasteiger partial charge on any atom is 0.416 e. The van der Waals surface area contributed by atoms with E-state index in [1.807, 2.05) is 13.8 Å². The lowest BCUT2D eigenvalue weighted by molar-refractivity contribution is -0.137. The van der Waals surface area contributed by atoms with Gasteiger partial charge in [0, 0.05) is 5.69 Å². The molecule has 0 aliphatic carbocycles. The standard InChI is InChI=1S/C23H22ClF3N2O3/c1-4-14(3)32-21-19(24)10-15(11-20(21)31-5-2)9-16(13-28)22(30)29-18-8-6-7-17(12-18)23(25,26)27/h6-12,14H,4-5H2,1-3H3,(H,29,30)/b16-9-/t14-/m1/s1. The summed E-state index contributed by atoms with van der Waals surface area (Å²) in [6, 6.07) is 8.98. The monoisotopic (exact) mass is 466 g/mol. The molecule has 0 aliphatic rings. The minimum absolute atomic E-state index is 0.0867. The highest BCUT2D eigenvalue weighted by atomic mass is 35.5. The van der Waals surface area contributed by atoms with Gasteiger partial charge < -0.3 is 14.8 Å². The molecule has 2 rings (SSSR count). The van der Waals surface area contributed by atoms with Gasteiger partial charge in [-0.05, 0) is 62.2 Å². The predicted octanol–water partition coefficient (Wildman–Crippen LogP) is 6.48. The van der Waals surface area contributed by atoms with Crippen LogP contribution in [0, 0.1) is 11.3 Å². The summed E-state index contributed by atoms with van der Waals surface area (Å²) in [7, 11) is 0. The Morgan fingerprint density at radius 3 is 2.59 bits per heavy atom. The number of rotatable bonds is 8. The summed E-state index contributed by atoms with van der Waals surface area (Å²) in [6.45, 7) is 5.96. The molecule has 32 heavy (non-hydrogen) atoms. The van der Waals surface area contributed by atoms with Crippen LogP contribution in [0.5, 0.6) is 11.5 Å². The molecule has 170 valence electrons. The van der Waals surface area contributed by atoms with Gasteiger partial charge in [0.1, 0.15) is 11.6 Å². The topological polar surface area (TPSA) is 71.3 Å². The van der Waals surface area contributed by atoms with Crippen molar-refractivity contribution >= 4 is 29.3 Å². The Morgan fingerprint density at radius 2 is 2.00 bits per heavy atom. The number of nitrogens with zero attached hydrogens (tertiary/aromatic N) is 1. The molecule has 1 atom stereocenters. The molecular formula is C23H22ClF3N2O3. The van der Waals surface area contributed by atoms with Crippen LogP contribution in [0.1, 0.15) is 38.3 Å². The molecule has 0 saturated carbocycles. The second kappa shape index (κ2) is 10.9. The Kier molecular flexibility index (Phi) is 8.56. The number of benzene rings is 2. The predicted molar refractivity (Wildman–Crippen MR) is 117 cm³/mol. The van der Waals surface area contributed by atoms with Crippen molar-refractivity contribution in [3.05, 3.63) is 58.1 Å². The van der Waals surface area contributed by atoms with E-state index in [1.54, 1.807) is 19.1 Å². The number of ether oxygens (including phenoxy) is 2. The first-order valence-electron chi connectivity index (χ1n) is 9.82. The maximum atomic E-state index is 12.9. The minimum atomic E-state index is -4.56. The molecule has 0 fully saturated rings. The number of nitriles is 1. The Morgan fingerprint density at radius 1 is 1.28 bits per heavy atom. The fourth-order valence-corrected chi connectivity index (χ4v) is 2.88. The summed E-state index contributed by atoms with van der Waals surface area (Å²) in [6.07, 6.45) is -2.65. The van der Waals surface area contributed by atoms with Gasteiger partial charge in [-0.25, -0.2) is 0 Å². The zero-order chi connectivity index (χ0) is 23.9. The molecule has 0 radical (unpaired) electrons. The van der Waals surface area contributed by atoms with Crippen molar-refractivity contribution in [2.75, 3.05) is 11.9 Å². The van der Waals surface area contributed by atoms with Gasteiger partial charge in [0.05, 0.1) is 23.3 Å². The van der Waals surface area contributed by atoms with Crippen LogP contribution in [0.4, 0.5) is 18.9 Å². The van der Waals surface area contributed by atoms with Gasteiger partial charge in [-0.15, -0.1) is 0 Å². The third kappa shape index (κ3) is 6.66. The van der Waals surface area contributed by atoms with Crippen LogP contribution in [0.25, 0.3) is 6.08 Å². The van der Waals surface area contributed by atoms with Crippen molar-refractivity contribution in [2.45, 2.75) is 39.5 Å². The van der Waals surface area contributed by atoms with Crippen LogP contribution < -0.4 is 14.8 Å². The Hall–Kier alpha value is -3.18. The Balaban J connectivity index is 2.34. The van der Waals surface area contributed by atoms with Gasteiger partial charge in [0.25, 0.3) is 5.91 Å². The molecule has 0 unspecified atom stereocenters. The first-order chi connectivity index (χ1) is 15.1.